The quantitative estimate of drug-likeness (QED) is 0.736. The first kappa shape index (κ1) is 7.97. The van der Waals surface area contributed by atoms with E-state index in [1.54, 1.807) is 6.07 Å². The van der Waals surface area contributed by atoms with Crippen molar-refractivity contribution >= 4 is 5.97 Å². The molecule has 1 fully saturated rings. The van der Waals surface area contributed by atoms with Crippen LogP contribution >= 0.6 is 0 Å². The van der Waals surface area contributed by atoms with Gasteiger partial charge in [-0.05, 0) is 35.6 Å². The molecule has 3 heteroatoms. The minimum atomic E-state index is -0.741. The van der Waals surface area contributed by atoms with Gasteiger partial charge in [-0.1, -0.05) is 6.07 Å². The van der Waals surface area contributed by atoms with Crippen LogP contribution in [0.3, 0.4) is 0 Å². The van der Waals surface area contributed by atoms with Crippen molar-refractivity contribution in [1.29, 1.82) is 0 Å². The van der Waals surface area contributed by atoms with Crippen LogP contribution in [0.2, 0.25) is 0 Å². The van der Waals surface area contributed by atoms with Crippen molar-refractivity contribution in [2.45, 2.75) is 12.3 Å². The molecule has 3 rings (SSSR count). The lowest BCUT2D eigenvalue weighted by Crippen LogP contribution is -2.05. The zero-order chi connectivity index (χ0) is 9.87. The van der Waals surface area contributed by atoms with E-state index in [1.165, 1.54) is 12.1 Å². The summed E-state index contributed by atoms with van der Waals surface area (Å²) in [4.78, 5) is 10.8. The molecule has 0 heterocycles. The Labute approximate surface area is 80.4 Å². The van der Waals surface area contributed by atoms with Crippen LogP contribution in [-0.4, -0.2) is 11.1 Å². The smallest absolute Gasteiger partial charge is 0.307 e. The average Bonchev–Trinajstić information content (AvgIpc) is 2.73. The lowest BCUT2D eigenvalue weighted by molar-refractivity contribution is -0.139. The van der Waals surface area contributed by atoms with E-state index < -0.39 is 5.97 Å². The van der Waals surface area contributed by atoms with Gasteiger partial charge in [0.25, 0.3) is 0 Å². The first-order valence-electron chi connectivity index (χ1n) is 4.69. The highest BCUT2D eigenvalue weighted by Gasteiger charge is 2.59. The number of carboxylic acids is 1. The van der Waals surface area contributed by atoms with Gasteiger partial charge in [0.15, 0.2) is 0 Å². The van der Waals surface area contributed by atoms with Crippen LogP contribution in [0.5, 0.6) is 0 Å². The first-order chi connectivity index (χ1) is 6.68. The monoisotopic (exact) mass is 192 g/mol. The van der Waals surface area contributed by atoms with Gasteiger partial charge in [0.2, 0.25) is 0 Å². The van der Waals surface area contributed by atoms with Gasteiger partial charge in [-0.3, -0.25) is 4.79 Å². The van der Waals surface area contributed by atoms with Crippen molar-refractivity contribution < 1.29 is 14.3 Å². The highest BCUT2D eigenvalue weighted by atomic mass is 19.1. The number of hydrogen-bond donors (Lipinski definition) is 1. The predicted molar refractivity (Wildman–Crippen MR) is 47.5 cm³/mol. The first-order valence-corrected chi connectivity index (χ1v) is 4.69. The lowest BCUT2D eigenvalue weighted by Gasteiger charge is -2.04. The van der Waals surface area contributed by atoms with Gasteiger partial charge >= 0.3 is 5.97 Å². The maximum atomic E-state index is 12.9. The van der Waals surface area contributed by atoms with Crippen LogP contribution in [0.15, 0.2) is 18.2 Å². The Hall–Kier alpha value is -1.38. The number of benzene rings is 1. The molecule has 72 valence electrons. The summed E-state index contributed by atoms with van der Waals surface area (Å²) in [7, 11) is 0. The number of aliphatic carboxylic acids is 1. The molecule has 0 aliphatic heterocycles. The second kappa shape index (κ2) is 2.35. The van der Waals surface area contributed by atoms with Crippen LogP contribution in [0.25, 0.3) is 0 Å². The van der Waals surface area contributed by atoms with Crippen molar-refractivity contribution in [3.8, 4) is 0 Å². The SMILES string of the molecule is O=C(O)[C@@H]1[C@H]2Cc3ccc(F)cc3[C@H]21. The summed E-state index contributed by atoms with van der Waals surface area (Å²) in [6, 6.07) is 4.71. The highest BCUT2D eigenvalue weighted by molar-refractivity contribution is 5.77. The molecule has 14 heavy (non-hydrogen) atoms. The third-order valence-corrected chi connectivity index (χ3v) is 3.38. The molecule has 2 aliphatic rings. The molecular weight excluding hydrogens is 183 g/mol. The third-order valence-electron chi connectivity index (χ3n) is 3.38. The Kier molecular flexibility index (Phi) is 1.34. The molecule has 1 N–H and O–H groups in total. The van der Waals surface area contributed by atoms with Crippen molar-refractivity contribution in [1.82, 2.24) is 0 Å². The van der Waals surface area contributed by atoms with E-state index in [0.29, 0.717) is 0 Å². The molecule has 2 nitrogen and oxygen atoms in total. The summed E-state index contributed by atoms with van der Waals surface area (Å²) in [6.45, 7) is 0. The molecule has 3 atom stereocenters. The average molecular weight is 192 g/mol. The summed E-state index contributed by atoms with van der Waals surface area (Å²) in [5.41, 5.74) is 2.04. The molecule has 0 amide bonds. The second-order valence-electron chi connectivity index (χ2n) is 4.10. The highest BCUT2D eigenvalue weighted by Crippen LogP contribution is 2.61. The number of hydrogen-bond acceptors (Lipinski definition) is 1. The van der Waals surface area contributed by atoms with Crippen molar-refractivity contribution in [2.75, 3.05) is 0 Å². The largest absolute Gasteiger partial charge is 0.481 e. The van der Waals surface area contributed by atoms with Crippen LogP contribution in [0.1, 0.15) is 17.0 Å². The van der Waals surface area contributed by atoms with Gasteiger partial charge in [0.05, 0.1) is 5.92 Å². The minimum Gasteiger partial charge on any atom is -0.481 e. The van der Waals surface area contributed by atoms with Gasteiger partial charge in [0, 0.05) is 5.92 Å². The number of carbonyl (C=O) groups is 1. The van der Waals surface area contributed by atoms with E-state index in [-0.39, 0.29) is 23.6 Å². The zero-order valence-corrected chi connectivity index (χ0v) is 7.40. The van der Waals surface area contributed by atoms with Gasteiger partial charge in [-0.2, -0.15) is 0 Å². The van der Waals surface area contributed by atoms with Gasteiger partial charge in [0.1, 0.15) is 5.82 Å². The summed E-state index contributed by atoms with van der Waals surface area (Å²) in [5, 5.41) is 8.86. The molecular formula is C11H9FO2. The van der Waals surface area contributed by atoms with Crippen molar-refractivity contribution in [2.24, 2.45) is 11.8 Å². The molecule has 0 unspecified atom stereocenters. The Morgan fingerprint density at radius 1 is 1.50 bits per heavy atom. The van der Waals surface area contributed by atoms with Crippen LogP contribution in [0, 0.1) is 17.7 Å². The van der Waals surface area contributed by atoms with Gasteiger partial charge in [-0.25, -0.2) is 4.39 Å². The van der Waals surface area contributed by atoms with Crippen LogP contribution in [0.4, 0.5) is 4.39 Å². The van der Waals surface area contributed by atoms with E-state index in [1.807, 2.05) is 0 Å². The van der Waals surface area contributed by atoms with E-state index in [2.05, 4.69) is 0 Å². The summed E-state index contributed by atoms with van der Waals surface area (Å²) in [6.07, 6.45) is 0.803. The molecule has 0 bridgehead atoms. The fraction of sp³-hybridized carbons (Fsp3) is 0.364. The molecule has 1 aromatic rings. The number of carboxylic acid groups (broad SMARTS) is 1. The van der Waals surface area contributed by atoms with E-state index in [9.17, 15) is 9.18 Å². The summed E-state index contributed by atoms with van der Waals surface area (Å²) in [5.74, 6) is -0.956. The maximum Gasteiger partial charge on any atom is 0.307 e. The number of rotatable bonds is 1. The minimum absolute atomic E-state index is 0.0817. The topological polar surface area (TPSA) is 37.3 Å². The second-order valence-corrected chi connectivity index (χ2v) is 4.10. The molecule has 0 radical (unpaired) electrons. The molecule has 1 saturated carbocycles. The Bertz CT molecular complexity index is 427. The van der Waals surface area contributed by atoms with E-state index >= 15 is 0 Å². The maximum absolute atomic E-state index is 12.9. The molecule has 2 aliphatic carbocycles. The van der Waals surface area contributed by atoms with Crippen molar-refractivity contribution in [3.05, 3.63) is 35.1 Å². The normalized spacial score (nSPS) is 32.2. The molecule has 0 saturated heterocycles. The Balaban J connectivity index is 2.01. The van der Waals surface area contributed by atoms with Crippen LogP contribution in [-0.2, 0) is 11.2 Å². The standard InChI is InChI=1S/C11H9FO2/c12-6-2-1-5-3-8-9(7(5)4-6)10(8)11(13)14/h1-2,4,8-10H,3H2,(H,13,14)/t8-,9+,10+/m0/s1. The fourth-order valence-electron chi connectivity index (χ4n) is 2.70. The number of fused-ring (bicyclic) bond motifs is 3. The van der Waals surface area contributed by atoms with E-state index in [4.69, 9.17) is 5.11 Å². The summed E-state index contributed by atoms with van der Waals surface area (Å²) >= 11 is 0. The van der Waals surface area contributed by atoms with Gasteiger partial charge in [-0.15, -0.1) is 0 Å². The zero-order valence-electron chi connectivity index (χ0n) is 7.40. The fourth-order valence-corrected chi connectivity index (χ4v) is 2.70. The van der Waals surface area contributed by atoms with E-state index in [0.717, 1.165) is 17.5 Å². The molecule has 0 spiro atoms. The predicted octanol–water partition coefficient (Wildman–Crippen LogP) is 1.80. The van der Waals surface area contributed by atoms with Crippen molar-refractivity contribution in [3.63, 3.8) is 0 Å². The Morgan fingerprint density at radius 2 is 2.29 bits per heavy atom. The van der Waals surface area contributed by atoms with Crippen LogP contribution < -0.4 is 0 Å². The van der Waals surface area contributed by atoms with Gasteiger partial charge < -0.3 is 5.11 Å². The lowest BCUT2D eigenvalue weighted by atomic mass is 10.0. The Morgan fingerprint density at radius 3 is 3.00 bits per heavy atom. The third kappa shape index (κ3) is 0.870. The summed E-state index contributed by atoms with van der Waals surface area (Å²) < 4.78 is 12.9. The molecule has 1 aromatic carbocycles. The number of halogens is 1. The molecule has 0 aromatic heterocycles.